The third-order valence-corrected chi connectivity index (χ3v) is 2.92. The maximum Gasteiger partial charge on any atom is 0.0847 e. The van der Waals surface area contributed by atoms with Gasteiger partial charge in [0.05, 0.1) is 12.2 Å². The van der Waals surface area contributed by atoms with E-state index < -0.39 is 12.2 Å². The largest absolute Gasteiger partial charge is 0.390 e. The SMILES string of the molecule is CCCC(O)C(O)Cc1cccs1. The molecular formula is C10H16O2S. The van der Waals surface area contributed by atoms with Crippen LogP contribution in [0.3, 0.4) is 0 Å². The highest BCUT2D eigenvalue weighted by molar-refractivity contribution is 7.09. The fourth-order valence-electron chi connectivity index (χ4n) is 1.26. The van der Waals surface area contributed by atoms with Crippen LogP contribution in [0, 0.1) is 0 Å². The normalized spacial score (nSPS) is 15.6. The molecule has 1 aromatic heterocycles. The van der Waals surface area contributed by atoms with Crippen LogP contribution >= 0.6 is 11.3 Å². The quantitative estimate of drug-likeness (QED) is 0.761. The molecule has 0 aliphatic heterocycles. The van der Waals surface area contributed by atoms with Gasteiger partial charge in [0.25, 0.3) is 0 Å². The van der Waals surface area contributed by atoms with Gasteiger partial charge in [0.15, 0.2) is 0 Å². The van der Waals surface area contributed by atoms with Crippen LogP contribution in [0.1, 0.15) is 24.6 Å². The molecule has 2 unspecified atom stereocenters. The van der Waals surface area contributed by atoms with Crippen LogP contribution in [-0.2, 0) is 6.42 Å². The summed E-state index contributed by atoms with van der Waals surface area (Å²) in [5.41, 5.74) is 0. The monoisotopic (exact) mass is 200 g/mol. The Kier molecular flexibility index (Phi) is 4.42. The predicted octanol–water partition coefficient (Wildman–Crippen LogP) is 1.81. The van der Waals surface area contributed by atoms with Gasteiger partial charge in [-0.25, -0.2) is 0 Å². The van der Waals surface area contributed by atoms with Crippen molar-refractivity contribution in [3.8, 4) is 0 Å². The Labute approximate surface area is 82.8 Å². The van der Waals surface area contributed by atoms with Crippen molar-refractivity contribution < 1.29 is 10.2 Å². The van der Waals surface area contributed by atoms with Crippen LogP contribution in [0.2, 0.25) is 0 Å². The molecule has 0 aliphatic rings. The third-order valence-electron chi connectivity index (χ3n) is 2.02. The molecule has 1 rings (SSSR count). The van der Waals surface area contributed by atoms with Gasteiger partial charge in [-0.05, 0) is 17.9 Å². The summed E-state index contributed by atoms with van der Waals surface area (Å²) in [5.74, 6) is 0. The topological polar surface area (TPSA) is 40.5 Å². The summed E-state index contributed by atoms with van der Waals surface area (Å²) < 4.78 is 0. The lowest BCUT2D eigenvalue weighted by Crippen LogP contribution is -2.27. The summed E-state index contributed by atoms with van der Waals surface area (Å²) in [5, 5.41) is 21.0. The Morgan fingerprint density at radius 2 is 2.15 bits per heavy atom. The van der Waals surface area contributed by atoms with Gasteiger partial charge in [-0.2, -0.15) is 0 Å². The van der Waals surface area contributed by atoms with E-state index in [0.717, 1.165) is 11.3 Å². The summed E-state index contributed by atoms with van der Waals surface area (Å²) in [4.78, 5) is 1.13. The highest BCUT2D eigenvalue weighted by atomic mass is 32.1. The molecule has 0 aromatic carbocycles. The molecule has 0 bridgehead atoms. The van der Waals surface area contributed by atoms with Crippen molar-refractivity contribution >= 4 is 11.3 Å². The van der Waals surface area contributed by atoms with E-state index in [1.807, 2.05) is 24.4 Å². The van der Waals surface area contributed by atoms with Gasteiger partial charge >= 0.3 is 0 Å². The second-order valence-corrected chi connectivity index (χ2v) is 4.24. The third kappa shape index (κ3) is 3.46. The Morgan fingerprint density at radius 3 is 2.69 bits per heavy atom. The first-order valence-electron chi connectivity index (χ1n) is 4.62. The first-order chi connectivity index (χ1) is 6.24. The van der Waals surface area contributed by atoms with Gasteiger partial charge in [0.1, 0.15) is 0 Å². The molecule has 2 atom stereocenters. The molecule has 1 aromatic rings. The molecule has 0 saturated heterocycles. The molecule has 0 spiro atoms. The zero-order valence-electron chi connectivity index (χ0n) is 7.81. The van der Waals surface area contributed by atoms with Crippen molar-refractivity contribution in [3.05, 3.63) is 22.4 Å². The van der Waals surface area contributed by atoms with E-state index in [0.29, 0.717) is 12.8 Å². The summed E-state index contributed by atoms with van der Waals surface area (Å²) in [6.45, 7) is 2.00. The average molecular weight is 200 g/mol. The summed E-state index contributed by atoms with van der Waals surface area (Å²) in [7, 11) is 0. The minimum atomic E-state index is -0.612. The molecule has 0 radical (unpaired) electrons. The Hall–Kier alpha value is -0.380. The number of aliphatic hydroxyl groups excluding tert-OH is 2. The molecule has 3 heteroatoms. The zero-order valence-corrected chi connectivity index (χ0v) is 8.63. The van der Waals surface area contributed by atoms with Crippen molar-refractivity contribution in [2.45, 2.75) is 38.4 Å². The number of rotatable bonds is 5. The molecular weight excluding hydrogens is 184 g/mol. The molecule has 0 aliphatic carbocycles. The second-order valence-electron chi connectivity index (χ2n) is 3.21. The predicted molar refractivity (Wildman–Crippen MR) is 54.9 cm³/mol. The summed E-state index contributed by atoms with van der Waals surface area (Å²) in [6, 6.07) is 3.94. The maximum atomic E-state index is 9.58. The fourth-order valence-corrected chi connectivity index (χ4v) is 2.02. The van der Waals surface area contributed by atoms with Crippen molar-refractivity contribution in [1.82, 2.24) is 0 Å². The van der Waals surface area contributed by atoms with Crippen molar-refractivity contribution in [2.24, 2.45) is 0 Å². The molecule has 2 nitrogen and oxygen atoms in total. The van der Waals surface area contributed by atoms with E-state index in [1.54, 1.807) is 11.3 Å². The highest BCUT2D eigenvalue weighted by Crippen LogP contribution is 2.14. The van der Waals surface area contributed by atoms with Crippen molar-refractivity contribution in [2.75, 3.05) is 0 Å². The average Bonchev–Trinajstić information content (AvgIpc) is 2.57. The smallest absolute Gasteiger partial charge is 0.0847 e. The number of thiophene rings is 1. The van der Waals surface area contributed by atoms with E-state index in [-0.39, 0.29) is 0 Å². The molecule has 74 valence electrons. The summed E-state index contributed by atoms with van der Waals surface area (Å²) >= 11 is 1.62. The molecule has 13 heavy (non-hydrogen) atoms. The van der Waals surface area contributed by atoms with Crippen molar-refractivity contribution in [3.63, 3.8) is 0 Å². The van der Waals surface area contributed by atoms with Crippen LogP contribution in [0.5, 0.6) is 0 Å². The van der Waals surface area contributed by atoms with Gasteiger partial charge in [-0.15, -0.1) is 11.3 Å². The van der Waals surface area contributed by atoms with E-state index >= 15 is 0 Å². The molecule has 0 fully saturated rings. The van der Waals surface area contributed by atoms with Crippen LogP contribution in [0.25, 0.3) is 0 Å². The second kappa shape index (κ2) is 5.37. The molecule has 2 N–H and O–H groups in total. The van der Waals surface area contributed by atoms with E-state index in [9.17, 15) is 10.2 Å². The van der Waals surface area contributed by atoms with Crippen LogP contribution < -0.4 is 0 Å². The van der Waals surface area contributed by atoms with Crippen LogP contribution in [-0.4, -0.2) is 22.4 Å². The minimum absolute atomic E-state index is 0.568. The van der Waals surface area contributed by atoms with E-state index in [1.165, 1.54) is 0 Å². The lowest BCUT2D eigenvalue weighted by Gasteiger charge is -2.15. The fraction of sp³-hybridized carbons (Fsp3) is 0.600. The minimum Gasteiger partial charge on any atom is -0.390 e. The maximum absolute atomic E-state index is 9.58. The van der Waals surface area contributed by atoms with Crippen LogP contribution in [0.15, 0.2) is 17.5 Å². The van der Waals surface area contributed by atoms with Gasteiger partial charge in [-0.1, -0.05) is 19.4 Å². The molecule has 1 heterocycles. The summed E-state index contributed by atoms with van der Waals surface area (Å²) in [6.07, 6.45) is 0.958. The van der Waals surface area contributed by atoms with Gasteiger partial charge < -0.3 is 10.2 Å². The molecule has 0 amide bonds. The first-order valence-corrected chi connectivity index (χ1v) is 5.50. The number of hydrogen-bond donors (Lipinski definition) is 2. The van der Waals surface area contributed by atoms with Crippen LogP contribution in [0.4, 0.5) is 0 Å². The van der Waals surface area contributed by atoms with Gasteiger partial charge in [0.2, 0.25) is 0 Å². The lowest BCUT2D eigenvalue weighted by molar-refractivity contribution is 0.0153. The van der Waals surface area contributed by atoms with Crippen molar-refractivity contribution in [1.29, 1.82) is 0 Å². The lowest BCUT2D eigenvalue weighted by atomic mass is 10.1. The Bertz CT molecular complexity index is 221. The first kappa shape index (κ1) is 10.7. The molecule has 0 saturated carbocycles. The zero-order chi connectivity index (χ0) is 9.68. The Morgan fingerprint density at radius 1 is 1.38 bits per heavy atom. The Balaban J connectivity index is 2.36. The van der Waals surface area contributed by atoms with E-state index in [2.05, 4.69) is 0 Å². The highest BCUT2D eigenvalue weighted by Gasteiger charge is 2.15. The number of hydrogen-bond acceptors (Lipinski definition) is 3. The van der Waals surface area contributed by atoms with Gasteiger partial charge in [-0.3, -0.25) is 0 Å². The standard InChI is InChI=1S/C10H16O2S/c1-2-4-9(11)10(12)7-8-5-3-6-13-8/h3,5-6,9-12H,2,4,7H2,1H3. The van der Waals surface area contributed by atoms with Gasteiger partial charge in [0, 0.05) is 11.3 Å². The number of aliphatic hydroxyl groups is 2. The van der Waals surface area contributed by atoms with E-state index in [4.69, 9.17) is 0 Å².